The van der Waals surface area contributed by atoms with Crippen LogP contribution in [-0.2, 0) is 21.4 Å². The van der Waals surface area contributed by atoms with E-state index in [0.29, 0.717) is 17.2 Å². The number of hydrogen-bond acceptors (Lipinski definition) is 6. The minimum absolute atomic E-state index is 0.0349. The maximum atomic E-state index is 13.6. The number of carbonyl (C=O) groups excluding carboxylic acids is 1. The third-order valence-electron chi connectivity index (χ3n) is 5.20. The van der Waals surface area contributed by atoms with Crippen molar-refractivity contribution in [3.63, 3.8) is 0 Å². The number of sulfonamides is 1. The highest BCUT2D eigenvalue weighted by molar-refractivity contribution is 7.92. The van der Waals surface area contributed by atoms with Gasteiger partial charge in [0.25, 0.3) is 10.0 Å². The number of rotatable bonds is 10. The maximum Gasteiger partial charge on any atom is 0.264 e. The summed E-state index contributed by atoms with van der Waals surface area (Å²) in [5.41, 5.74) is 2.35. The lowest BCUT2D eigenvalue weighted by molar-refractivity contribution is -0.119. The molecule has 180 valence electrons. The van der Waals surface area contributed by atoms with E-state index in [1.807, 2.05) is 31.2 Å². The van der Waals surface area contributed by atoms with Gasteiger partial charge in [0, 0.05) is 12.6 Å². The minimum Gasteiger partial charge on any atom is -0.497 e. The molecule has 3 rings (SSSR count). The molecule has 3 aromatic carbocycles. The molecule has 3 aromatic rings. The van der Waals surface area contributed by atoms with E-state index < -0.39 is 22.5 Å². The van der Waals surface area contributed by atoms with Crippen LogP contribution in [0.5, 0.6) is 17.2 Å². The Balaban J connectivity index is 1.91. The summed E-state index contributed by atoms with van der Waals surface area (Å²) in [6.45, 7) is 1.86. The highest BCUT2D eigenvalue weighted by Crippen LogP contribution is 2.32. The number of benzene rings is 3. The van der Waals surface area contributed by atoms with Gasteiger partial charge in [0.2, 0.25) is 5.91 Å². The summed E-state index contributed by atoms with van der Waals surface area (Å²) in [7, 11) is 0.292. The molecule has 0 bridgehead atoms. The Morgan fingerprint density at radius 2 is 1.50 bits per heavy atom. The normalized spacial score (nSPS) is 10.9. The van der Waals surface area contributed by atoms with Crippen LogP contribution < -0.4 is 23.8 Å². The van der Waals surface area contributed by atoms with Crippen molar-refractivity contribution < 1.29 is 27.4 Å². The number of anilines is 1. The first kappa shape index (κ1) is 24.9. The Morgan fingerprint density at radius 3 is 2.09 bits per heavy atom. The van der Waals surface area contributed by atoms with Crippen LogP contribution in [0.4, 0.5) is 5.69 Å². The van der Waals surface area contributed by atoms with Crippen molar-refractivity contribution in [3.05, 3.63) is 77.9 Å². The Morgan fingerprint density at radius 1 is 0.853 bits per heavy atom. The van der Waals surface area contributed by atoms with Crippen LogP contribution in [0.15, 0.2) is 71.6 Å². The first-order chi connectivity index (χ1) is 16.3. The largest absolute Gasteiger partial charge is 0.497 e. The second-order valence-electron chi connectivity index (χ2n) is 7.49. The number of aryl methyl sites for hydroxylation is 1. The van der Waals surface area contributed by atoms with Crippen LogP contribution in [0, 0.1) is 6.92 Å². The van der Waals surface area contributed by atoms with E-state index in [2.05, 4.69) is 5.32 Å². The molecule has 1 N–H and O–H groups in total. The molecule has 0 unspecified atom stereocenters. The second-order valence-corrected chi connectivity index (χ2v) is 9.35. The van der Waals surface area contributed by atoms with Gasteiger partial charge in [-0.15, -0.1) is 0 Å². The Kier molecular flexibility index (Phi) is 8.01. The number of nitrogens with zero attached hydrogens (tertiary/aromatic N) is 1. The zero-order valence-corrected chi connectivity index (χ0v) is 20.4. The summed E-state index contributed by atoms with van der Waals surface area (Å²) in [4.78, 5) is 12.8. The highest BCUT2D eigenvalue weighted by atomic mass is 32.2. The molecular formula is C25H28N2O6S. The fourth-order valence-corrected chi connectivity index (χ4v) is 4.70. The van der Waals surface area contributed by atoms with Crippen LogP contribution in [0.3, 0.4) is 0 Å². The number of nitrogens with one attached hydrogen (secondary N) is 1. The molecule has 0 radical (unpaired) electrons. The van der Waals surface area contributed by atoms with Crippen LogP contribution in [0.2, 0.25) is 0 Å². The maximum absolute atomic E-state index is 13.6. The van der Waals surface area contributed by atoms with E-state index in [1.54, 1.807) is 24.3 Å². The van der Waals surface area contributed by atoms with Gasteiger partial charge < -0.3 is 19.5 Å². The smallest absolute Gasteiger partial charge is 0.264 e. The van der Waals surface area contributed by atoms with Crippen molar-refractivity contribution in [3.8, 4) is 17.2 Å². The zero-order valence-electron chi connectivity index (χ0n) is 19.6. The van der Waals surface area contributed by atoms with Gasteiger partial charge in [-0.25, -0.2) is 8.42 Å². The summed E-state index contributed by atoms with van der Waals surface area (Å²) in [6, 6.07) is 18.5. The summed E-state index contributed by atoms with van der Waals surface area (Å²) in [6.07, 6.45) is 0. The highest BCUT2D eigenvalue weighted by Gasteiger charge is 2.28. The molecule has 0 heterocycles. The third-order valence-corrected chi connectivity index (χ3v) is 6.97. The molecule has 0 aliphatic rings. The van der Waals surface area contributed by atoms with Gasteiger partial charge in [-0.3, -0.25) is 9.10 Å². The number of methoxy groups -OCH3 is 3. The Hall–Kier alpha value is -3.72. The van der Waals surface area contributed by atoms with Crippen molar-refractivity contribution >= 4 is 21.6 Å². The molecule has 0 saturated heterocycles. The van der Waals surface area contributed by atoms with Crippen LogP contribution in [0.1, 0.15) is 11.1 Å². The lowest BCUT2D eigenvalue weighted by atomic mass is 10.1. The van der Waals surface area contributed by atoms with Gasteiger partial charge in [-0.1, -0.05) is 29.8 Å². The molecule has 0 saturated carbocycles. The van der Waals surface area contributed by atoms with E-state index >= 15 is 0 Å². The van der Waals surface area contributed by atoms with Crippen molar-refractivity contribution in [1.29, 1.82) is 0 Å². The molecule has 1 amide bonds. The molecule has 0 atom stereocenters. The van der Waals surface area contributed by atoms with Gasteiger partial charge in [0.05, 0.1) is 31.9 Å². The summed E-state index contributed by atoms with van der Waals surface area (Å²) >= 11 is 0. The average molecular weight is 485 g/mol. The Bertz CT molecular complexity index is 1230. The van der Waals surface area contributed by atoms with Crippen molar-refractivity contribution in [2.45, 2.75) is 18.4 Å². The second kappa shape index (κ2) is 10.9. The standard InChI is InChI=1S/C25H28N2O6S/c1-18-5-7-19(8-6-18)16-26-25(28)17-27(20-9-11-21(31-2)12-10-20)34(29,30)22-13-14-23(32-3)24(15-22)33-4/h5-15H,16-17H2,1-4H3,(H,26,28). The van der Waals surface area contributed by atoms with Gasteiger partial charge in [-0.2, -0.15) is 0 Å². The third kappa shape index (κ3) is 5.79. The van der Waals surface area contributed by atoms with Gasteiger partial charge in [-0.05, 0) is 48.9 Å². The quantitative estimate of drug-likeness (QED) is 0.473. The molecule has 0 aliphatic heterocycles. The predicted molar refractivity (Wildman–Crippen MR) is 130 cm³/mol. The molecular weight excluding hydrogens is 456 g/mol. The van der Waals surface area contributed by atoms with Crippen molar-refractivity contribution in [2.24, 2.45) is 0 Å². The first-order valence-corrected chi connectivity index (χ1v) is 11.9. The molecule has 9 heteroatoms. The zero-order chi connectivity index (χ0) is 24.7. The molecule has 8 nitrogen and oxygen atoms in total. The lowest BCUT2D eigenvalue weighted by Gasteiger charge is -2.24. The first-order valence-electron chi connectivity index (χ1n) is 10.5. The fourth-order valence-electron chi connectivity index (χ4n) is 3.26. The molecule has 0 aliphatic carbocycles. The van der Waals surface area contributed by atoms with Gasteiger partial charge in [0.1, 0.15) is 12.3 Å². The van der Waals surface area contributed by atoms with E-state index in [-0.39, 0.29) is 17.2 Å². The van der Waals surface area contributed by atoms with E-state index in [1.165, 1.54) is 39.5 Å². The van der Waals surface area contributed by atoms with Gasteiger partial charge in [0.15, 0.2) is 11.5 Å². The number of ether oxygens (including phenoxy) is 3. The number of carbonyl (C=O) groups is 1. The van der Waals surface area contributed by atoms with Crippen molar-refractivity contribution in [1.82, 2.24) is 5.32 Å². The Labute approximate surface area is 200 Å². The minimum atomic E-state index is -4.12. The summed E-state index contributed by atoms with van der Waals surface area (Å²) in [5.74, 6) is 0.784. The van der Waals surface area contributed by atoms with Crippen LogP contribution in [-0.4, -0.2) is 42.2 Å². The topological polar surface area (TPSA) is 94.2 Å². The molecule has 0 aromatic heterocycles. The fraction of sp³-hybridized carbons (Fsp3) is 0.240. The van der Waals surface area contributed by atoms with Crippen LogP contribution >= 0.6 is 0 Å². The molecule has 0 fully saturated rings. The number of amides is 1. The van der Waals surface area contributed by atoms with Gasteiger partial charge >= 0.3 is 0 Å². The molecule has 0 spiro atoms. The van der Waals surface area contributed by atoms with Crippen LogP contribution in [0.25, 0.3) is 0 Å². The lowest BCUT2D eigenvalue weighted by Crippen LogP contribution is -2.40. The number of hydrogen-bond donors (Lipinski definition) is 1. The average Bonchev–Trinajstić information content (AvgIpc) is 2.86. The molecule has 34 heavy (non-hydrogen) atoms. The van der Waals surface area contributed by atoms with E-state index in [0.717, 1.165) is 15.4 Å². The van der Waals surface area contributed by atoms with Crippen molar-refractivity contribution in [2.75, 3.05) is 32.2 Å². The monoisotopic (exact) mass is 484 g/mol. The summed E-state index contributed by atoms with van der Waals surface area (Å²) in [5, 5.41) is 2.79. The predicted octanol–water partition coefficient (Wildman–Crippen LogP) is 3.53. The summed E-state index contributed by atoms with van der Waals surface area (Å²) < 4.78 is 43.9. The van der Waals surface area contributed by atoms with E-state index in [4.69, 9.17) is 14.2 Å². The SMILES string of the molecule is COc1ccc(N(CC(=O)NCc2ccc(C)cc2)S(=O)(=O)c2ccc(OC)c(OC)c2)cc1. The van der Waals surface area contributed by atoms with E-state index in [9.17, 15) is 13.2 Å².